The summed E-state index contributed by atoms with van der Waals surface area (Å²) >= 11 is 6.58. The number of carbonyl (C=O) groups excluding carboxylic acids is 1. The van der Waals surface area contributed by atoms with Crippen molar-refractivity contribution in [2.75, 3.05) is 19.4 Å². The van der Waals surface area contributed by atoms with Crippen molar-refractivity contribution in [3.63, 3.8) is 0 Å². The van der Waals surface area contributed by atoms with E-state index in [1.165, 1.54) is 0 Å². The summed E-state index contributed by atoms with van der Waals surface area (Å²) in [6.07, 6.45) is 3.56. The van der Waals surface area contributed by atoms with Gasteiger partial charge in [0, 0.05) is 43.9 Å². The number of aromatic nitrogens is 5. The molecule has 0 spiro atoms. The van der Waals surface area contributed by atoms with Crippen molar-refractivity contribution in [3.8, 4) is 17.6 Å². The molecule has 1 aliphatic rings. The number of nitrogens with zero attached hydrogens (tertiary/aromatic N) is 6. The number of hydrogen-bond donors (Lipinski definition) is 1. The second-order valence-corrected chi connectivity index (χ2v) is 9.83. The van der Waals surface area contributed by atoms with Crippen LogP contribution in [0, 0.1) is 18.8 Å². The Morgan fingerprint density at radius 1 is 1.21 bits per heavy atom. The third-order valence-corrected chi connectivity index (χ3v) is 7.25. The van der Waals surface area contributed by atoms with Gasteiger partial charge in [-0.15, -0.1) is 0 Å². The number of hydrogen-bond acceptors (Lipinski definition) is 6. The highest BCUT2D eigenvalue weighted by molar-refractivity contribution is 6.35. The first-order valence-electron chi connectivity index (χ1n) is 12.0. The average molecular weight is 526 g/mol. The summed E-state index contributed by atoms with van der Waals surface area (Å²) in [5.74, 6) is 7.21. The summed E-state index contributed by atoms with van der Waals surface area (Å²) in [7, 11) is 5.45. The fourth-order valence-corrected chi connectivity index (χ4v) is 5.17. The monoisotopic (exact) mass is 525 g/mol. The van der Waals surface area contributed by atoms with Crippen LogP contribution in [-0.2, 0) is 14.1 Å². The molecule has 0 saturated carbocycles. The topological polar surface area (TPSA) is 104 Å². The normalized spacial score (nSPS) is 14.3. The summed E-state index contributed by atoms with van der Waals surface area (Å²) in [6, 6.07) is 8.98. The number of rotatable bonds is 2. The molecule has 9 nitrogen and oxygen atoms in total. The van der Waals surface area contributed by atoms with E-state index in [0.717, 1.165) is 38.7 Å². The summed E-state index contributed by atoms with van der Waals surface area (Å²) in [5.41, 5.74) is 11.4. The Kier molecular flexibility index (Phi) is 5.51. The number of likely N-dealkylation sites (N-methyl/N-ethyl adjacent to an activating group) is 1. The maximum atomic E-state index is 13.7. The molecule has 2 aromatic carbocycles. The maximum Gasteiger partial charge on any atom is 0.255 e. The van der Waals surface area contributed by atoms with E-state index in [-0.39, 0.29) is 11.9 Å². The van der Waals surface area contributed by atoms with E-state index >= 15 is 0 Å². The van der Waals surface area contributed by atoms with Crippen LogP contribution < -0.4 is 10.5 Å². The number of nitrogen functional groups attached to an aromatic ring is 1. The minimum absolute atomic E-state index is 0.221. The number of halogens is 1. The van der Waals surface area contributed by atoms with Crippen LogP contribution in [0.3, 0.4) is 0 Å². The van der Waals surface area contributed by atoms with Crippen molar-refractivity contribution in [2.45, 2.75) is 13.0 Å². The van der Waals surface area contributed by atoms with Gasteiger partial charge in [-0.2, -0.15) is 10.2 Å². The second kappa shape index (κ2) is 8.78. The van der Waals surface area contributed by atoms with Crippen LogP contribution in [0.25, 0.3) is 21.8 Å². The van der Waals surface area contributed by atoms with Crippen molar-refractivity contribution in [3.05, 3.63) is 75.7 Å². The predicted molar refractivity (Wildman–Crippen MR) is 146 cm³/mol. The molecule has 0 fully saturated rings. The Morgan fingerprint density at radius 3 is 2.79 bits per heavy atom. The first-order chi connectivity index (χ1) is 18.2. The van der Waals surface area contributed by atoms with E-state index in [0.29, 0.717) is 34.3 Å². The van der Waals surface area contributed by atoms with Crippen molar-refractivity contribution in [2.24, 2.45) is 14.1 Å². The number of anilines is 1. The number of fused-ring (bicyclic) bond motifs is 4. The van der Waals surface area contributed by atoms with Crippen LogP contribution in [0.1, 0.15) is 38.8 Å². The molecule has 0 aliphatic carbocycles. The molecule has 4 heterocycles. The molecule has 1 amide bonds. The van der Waals surface area contributed by atoms with E-state index in [1.54, 1.807) is 39.6 Å². The zero-order valence-electron chi connectivity index (χ0n) is 21.3. The van der Waals surface area contributed by atoms with Crippen LogP contribution in [-0.4, -0.2) is 49.0 Å². The van der Waals surface area contributed by atoms with Crippen molar-refractivity contribution < 1.29 is 9.53 Å². The number of benzene rings is 2. The zero-order valence-corrected chi connectivity index (χ0v) is 22.0. The number of pyridine rings is 1. The molecule has 0 radical (unpaired) electrons. The number of aryl methyl sites for hydroxylation is 3. The van der Waals surface area contributed by atoms with Gasteiger partial charge in [-0.1, -0.05) is 29.5 Å². The number of carbonyl (C=O) groups is 1. The summed E-state index contributed by atoms with van der Waals surface area (Å²) < 4.78 is 9.44. The second-order valence-electron chi connectivity index (χ2n) is 9.42. The first kappa shape index (κ1) is 23.8. The fraction of sp³-hybridized carbons (Fsp3) is 0.214. The van der Waals surface area contributed by atoms with Crippen LogP contribution in [0.15, 0.2) is 42.7 Å². The van der Waals surface area contributed by atoms with Gasteiger partial charge < -0.3 is 15.4 Å². The molecule has 3 aromatic heterocycles. The molecule has 0 saturated heterocycles. The van der Waals surface area contributed by atoms with Gasteiger partial charge >= 0.3 is 0 Å². The zero-order chi connectivity index (χ0) is 26.7. The molecule has 2 N–H and O–H groups in total. The maximum absolute atomic E-state index is 13.7. The Bertz CT molecular complexity index is 1840. The largest absolute Gasteiger partial charge is 0.491 e. The van der Waals surface area contributed by atoms with E-state index in [2.05, 4.69) is 27.0 Å². The quantitative estimate of drug-likeness (QED) is 0.349. The molecule has 1 aliphatic heterocycles. The highest BCUT2D eigenvalue weighted by Crippen LogP contribution is 2.38. The Labute approximate surface area is 223 Å². The van der Waals surface area contributed by atoms with Gasteiger partial charge in [-0.3, -0.25) is 14.2 Å². The number of amides is 1. The summed E-state index contributed by atoms with van der Waals surface area (Å²) in [5, 5.41) is 10.4. The van der Waals surface area contributed by atoms with E-state index in [1.807, 2.05) is 45.4 Å². The summed E-state index contributed by atoms with van der Waals surface area (Å²) in [4.78, 5) is 19.8. The van der Waals surface area contributed by atoms with Crippen LogP contribution in [0.5, 0.6) is 5.75 Å². The fourth-order valence-electron chi connectivity index (χ4n) is 4.93. The van der Waals surface area contributed by atoms with E-state index < -0.39 is 0 Å². The SMILES string of the molecule is Cc1nn(C)cc1C#Cc1ccc2c(c1)OCC2N(C)C(=O)c1cc2c(cc1Cl)nc(N)c1cnn(C)c12. The van der Waals surface area contributed by atoms with Crippen LogP contribution >= 0.6 is 11.6 Å². The predicted octanol–water partition coefficient (Wildman–Crippen LogP) is 4.00. The molecular weight excluding hydrogens is 502 g/mol. The molecule has 38 heavy (non-hydrogen) atoms. The van der Waals surface area contributed by atoms with Gasteiger partial charge in [0.1, 0.15) is 18.2 Å². The Balaban J connectivity index is 1.31. The van der Waals surface area contributed by atoms with Crippen molar-refractivity contribution in [1.82, 2.24) is 29.4 Å². The molecule has 190 valence electrons. The smallest absolute Gasteiger partial charge is 0.255 e. The third kappa shape index (κ3) is 3.81. The molecule has 10 heteroatoms. The highest BCUT2D eigenvalue weighted by Gasteiger charge is 2.32. The lowest BCUT2D eigenvalue weighted by atomic mass is 10.0. The van der Waals surface area contributed by atoms with Gasteiger partial charge in [0.05, 0.1) is 50.5 Å². The standard InChI is InChI=1S/C28H24ClN7O2/c1-15-17(13-34(2)33-15)7-5-16-6-8-18-24(14-38-25(18)9-16)35(3)28(37)19-10-20-23(11-22(19)29)32-27(30)21-12-31-36(4)26(20)21/h6,8-13,24H,14H2,1-4H3,(H2,30,32). The lowest BCUT2D eigenvalue weighted by Crippen LogP contribution is -2.32. The molecule has 5 aromatic rings. The molecule has 1 atom stereocenters. The molecule has 0 bridgehead atoms. The van der Waals surface area contributed by atoms with Gasteiger partial charge in [-0.05, 0) is 31.2 Å². The minimum atomic E-state index is -0.270. The Morgan fingerprint density at radius 2 is 2.03 bits per heavy atom. The average Bonchev–Trinajstić information content (AvgIpc) is 3.58. The van der Waals surface area contributed by atoms with Gasteiger partial charge in [0.2, 0.25) is 0 Å². The van der Waals surface area contributed by atoms with Crippen LogP contribution in [0.2, 0.25) is 5.02 Å². The highest BCUT2D eigenvalue weighted by atomic mass is 35.5. The molecular formula is C28H24ClN7O2. The van der Waals surface area contributed by atoms with E-state index in [4.69, 9.17) is 22.1 Å². The van der Waals surface area contributed by atoms with Gasteiger partial charge in [0.15, 0.2) is 0 Å². The summed E-state index contributed by atoms with van der Waals surface area (Å²) in [6.45, 7) is 2.27. The van der Waals surface area contributed by atoms with Gasteiger partial charge in [-0.25, -0.2) is 4.98 Å². The van der Waals surface area contributed by atoms with Crippen LogP contribution in [0.4, 0.5) is 5.82 Å². The molecule has 6 rings (SSSR count). The first-order valence-corrected chi connectivity index (χ1v) is 12.4. The molecule has 1 unspecified atom stereocenters. The lowest BCUT2D eigenvalue weighted by molar-refractivity contribution is 0.0709. The van der Waals surface area contributed by atoms with E-state index in [9.17, 15) is 4.79 Å². The van der Waals surface area contributed by atoms with Crippen molar-refractivity contribution in [1.29, 1.82) is 0 Å². The van der Waals surface area contributed by atoms with Gasteiger partial charge in [0.25, 0.3) is 5.91 Å². The number of nitrogens with two attached hydrogens (primary N) is 1. The third-order valence-electron chi connectivity index (χ3n) is 6.94. The minimum Gasteiger partial charge on any atom is -0.491 e. The lowest BCUT2D eigenvalue weighted by Gasteiger charge is -2.24. The van der Waals surface area contributed by atoms with Crippen molar-refractivity contribution >= 4 is 45.1 Å². The number of ether oxygens (including phenoxy) is 1. The Hall–Kier alpha value is -4.55.